The Morgan fingerprint density at radius 1 is 1.09 bits per heavy atom. The van der Waals surface area contributed by atoms with Crippen LogP contribution in [0.4, 0.5) is 5.00 Å². The molecule has 2 aromatic rings. The van der Waals surface area contributed by atoms with Gasteiger partial charge in [0.1, 0.15) is 11.0 Å². The maximum Gasteiger partial charge on any atom is 0.341 e. The molecular weight excluding hydrogens is 432 g/mol. The van der Waals surface area contributed by atoms with Gasteiger partial charge < -0.3 is 20.1 Å². The average molecular weight is 461 g/mol. The number of ether oxygens (including phenoxy) is 2. The Labute approximate surface area is 191 Å². The number of benzene rings is 1. The molecule has 172 valence electrons. The van der Waals surface area contributed by atoms with Crippen molar-refractivity contribution in [3.63, 3.8) is 0 Å². The van der Waals surface area contributed by atoms with Gasteiger partial charge in [0, 0.05) is 10.4 Å². The number of thiophene rings is 1. The number of carbonyl (C=O) groups is 4. The van der Waals surface area contributed by atoms with Crippen molar-refractivity contribution in [3.8, 4) is 0 Å². The molecule has 2 amide bonds. The summed E-state index contributed by atoms with van der Waals surface area (Å²) >= 11 is 1.29. The summed E-state index contributed by atoms with van der Waals surface area (Å²) in [6, 6.07) is 6.01. The third-order valence-corrected chi connectivity index (χ3v) is 5.98. The molecule has 0 saturated carbocycles. The number of rotatable bonds is 9. The van der Waals surface area contributed by atoms with Crippen LogP contribution in [0.5, 0.6) is 0 Å². The monoisotopic (exact) mass is 460 g/mol. The minimum atomic E-state index is -0.943. The lowest BCUT2D eigenvalue weighted by atomic mass is 10.1. The smallest absolute Gasteiger partial charge is 0.341 e. The first-order valence-corrected chi connectivity index (χ1v) is 11.1. The quantitative estimate of drug-likeness (QED) is 0.555. The van der Waals surface area contributed by atoms with Gasteiger partial charge in [-0.1, -0.05) is 24.6 Å². The van der Waals surface area contributed by atoms with Crippen molar-refractivity contribution in [3.05, 3.63) is 51.4 Å². The van der Waals surface area contributed by atoms with Crippen LogP contribution in [0.1, 0.15) is 57.5 Å². The second-order valence-corrected chi connectivity index (χ2v) is 8.25. The van der Waals surface area contributed by atoms with Crippen LogP contribution in [-0.4, -0.2) is 43.0 Å². The molecule has 2 N–H and O–H groups in total. The Morgan fingerprint density at radius 2 is 1.81 bits per heavy atom. The van der Waals surface area contributed by atoms with Crippen molar-refractivity contribution < 1.29 is 28.7 Å². The van der Waals surface area contributed by atoms with Gasteiger partial charge in [-0.25, -0.2) is 9.59 Å². The van der Waals surface area contributed by atoms with E-state index in [0.717, 1.165) is 16.0 Å². The summed E-state index contributed by atoms with van der Waals surface area (Å²) in [4.78, 5) is 50.1. The lowest BCUT2D eigenvalue weighted by Gasteiger charge is -2.13. The lowest BCUT2D eigenvalue weighted by Crippen LogP contribution is -2.40. The van der Waals surface area contributed by atoms with E-state index in [1.807, 2.05) is 19.9 Å². The SMILES string of the molecule is CCOC(=O)c1c(NC(=O)COC(=O)[C@H](C)NC(=O)c2cccc(C)c2)sc(CC)c1C. The molecular formula is C23H28N2O6S. The van der Waals surface area contributed by atoms with Gasteiger partial charge in [-0.05, 0) is 51.8 Å². The zero-order valence-corrected chi connectivity index (χ0v) is 19.7. The van der Waals surface area contributed by atoms with E-state index >= 15 is 0 Å². The third kappa shape index (κ3) is 6.40. The van der Waals surface area contributed by atoms with E-state index in [0.29, 0.717) is 22.5 Å². The molecule has 0 spiro atoms. The molecule has 0 aliphatic heterocycles. The van der Waals surface area contributed by atoms with Crippen molar-refractivity contribution in [2.24, 2.45) is 0 Å². The molecule has 1 atom stereocenters. The van der Waals surface area contributed by atoms with Gasteiger partial charge in [-0.15, -0.1) is 11.3 Å². The first-order valence-electron chi connectivity index (χ1n) is 10.3. The van der Waals surface area contributed by atoms with E-state index in [1.165, 1.54) is 18.3 Å². The molecule has 1 aromatic carbocycles. The molecule has 0 unspecified atom stereocenters. The topological polar surface area (TPSA) is 111 Å². The molecule has 1 aromatic heterocycles. The molecule has 32 heavy (non-hydrogen) atoms. The largest absolute Gasteiger partial charge is 0.462 e. The van der Waals surface area contributed by atoms with Gasteiger partial charge in [0.2, 0.25) is 0 Å². The van der Waals surface area contributed by atoms with Crippen LogP contribution in [0.25, 0.3) is 0 Å². The summed E-state index contributed by atoms with van der Waals surface area (Å²) in [5.41, 5.74) is 2.42. The van der Waals surface area contributed by atoms with Crippen molar-refractivity contribution in [1.82, 2.24) is 5.32 Å². The van der Waals surface area contributed by atoms with E-state index in [-0.39, 0.29) is 6.61 Å². The van der Waals surface area contributed by atoms with Crippen molar-refractivity contribution in [2.45, 2.75) is 47.1 Å². The van der Waals surface area contributed by atoms with E-state index < -0.39 is 36.4 Å². The highest BCUT2D eigenvalue weighted by molar-refractivity contribution is 7.17. The fourth-order valence-corrected chi connectivity index (χ4v) is 4.13. The molecule has 2 rings (SSSR count). The third-order valence-electron chi connectivity index (χ3n) is 4.63. The highest BCUT2D eigenvalue weighted by Gasteiger charge is 2.24. The zero-order chi connectivity index (χ0) is 23.8. The van der Waals surface area contributed by atoms with Gasteiger partial charge in [0.05, 0.1) is 12.2 Å². The summed E-state index contributed by atoms with van der Waals surface area (Å²) in [5, 5.41) is 5.54. The Kier molecular flexibility index (Phi) is 8.95. The standard InChI is InChI=1S/C23H28N2O6S/c1-6-17-14(4)19(23(29)30-7-2)21(32-17)25-18(26)12-31-22(28)15(5)24-20(27)16-10-8-9-13(3)11-16/h8-11,15H,6-7,12H2,1-5H3,(H,24,27)(H,25,26)/t15-/m0/s1. The predicted octanol–water partition coefficient (Wildman–Crippen LogP) is 3.40. The molecule has 8 nitrogen and oxygen atoms in total. The normalized spacial score (nSPS) is 11.4. The number of amides is 2. The first-order chi connectivity index (χ1) is 15.2. The number of hydrogen-bond acceptors (Lipinski definition) is 7. The average Bonchev–Trinajstić information content (AvgIpc) is 3.06. The van der Waals surface area contributed by atoms with E-state index in [9.17, 15) is 19.2 Å². The molecule has 1 heterocycles. The first kappa shape index (κ1) is 25.1. The van der Waals surface area contributed by atoms with Crippen molar-refractivity contribution in [2.75, 3.05) is 18.5 Å². The summed E-state index contributed by atoms with van der Waals surface area (Å²) in [6.07, 6.45) is 0.700. The van der Waals surface area contributed by atoms with E-state index in [1.54, 1.807) is 32.0 Å². The minimum absolute atomic E-state index is 0.215. The minimum Gasteiger partial charge on any atom is -0.462 e. The Bertz CT molecular complexity index is 1010. The van der Waals surface area contributed by atoms with Crippen molar-refractivity contribution >= 4 is 40.1 Å². The molecule has 0 aliphatic carbocycles. The van der Waals surface area contributed by atoms with Gasteiger partial charge in [0.25, 0.3) is 11.8 Å². The van der Waals surface area contributed by atoms with E-state index in [4.69, 9.17) is 9.47 Å². The highest BCUT2D eigenvalue weighted by Crippen LogP contribution is 2.34. The number of carbonyl (C=O) groups excluding carboxylic acids is 4. The number of esters is 2. The molecule has 0 fully saturated rings. The molecule has 0 radical (unpaired) electrons. The van der Waals surface area contributed by atoms with Crippen LogP contribution in [0, 0.1) is 13.8 Å². The second-order valence-electron chi connectivity index (χ2n) is 7.15. The summed E-state index contributed by atoms with van der Waals surface area (Å²) in [7, 11) is 0. The Morgan fingerprint density at radius 3 is 2.44 bits per heavy atom. The van der Waals surface area contributed by atoms with Gasteiger partial charge >= 0.3 is 11.9 Å². The lowest BCUT2D eigenvalue weighted by molar-refractivity contribution is -0.148. The number of hydrogen-bond donors (Lipinski definition) is 2. The maximum absolute atomic E-state index is 12.3. The molecule has 0 saturated heterocycles. The number of aryl methyl sites for hydroxylation is 2. The summed E-state index contributed by atoms with van der Waals surface area (Å²) in [5.74, 6) is -2.27. The van der Waals surface area contributed by atoms with Crippen LogP contribution >= 0.6 is 11.3 Å². The predicted molar refractivity (Wildman–Crippen MR) is 122 cm³/mol. The van der Waals surface area contributed by atoms with Crippen LogP contribution in [0.15, 0.2) is 24.3 Å². The van der Waals surface area contributed by atoms with Crippen molar-refractivity contribution in [1.29, 1.82) is 0 Å². The van der Waals surface area contributed by atoms with Gasteiger partial charge in [0.15, 0.2) is 6.61 Å². The maximum atomic E-state index is 12.3. The highest BCUT2D eigenvalue weighted by atomic mass is 32.1. The van der Waals surface area contributed by atoms with Crippen LogP contribution in [-0.2, 0) is 25.5 Å². The van der Waals surface area contributed by atoms with Gasteiger partial charge in [-0.3, -0.25) is 9.59 Å². The number of nitrogens with one attached hydrogen (secondary N) is 2. The van der Waals surface area contributed by atoms with Crippen LogP contribution in [0.2, 0.25) is 0 Å². The second kappa shape index (κ2) is 11.4. The van der Waals surface area contributed by atoms with Crippen LogP contribution in [0.3, 0.4) is 0 Å². The van der Waals surface area contributed by atoms with Crippen LogP contribution < -0.4 is 10.6 Å². The number of anilines is 1. The molecule has 9 heteroatoms. The molecule has 0 aliphatic rings. The summed E-state index contributed by atoms with van der Waals surface area (Å²) < 4.78 is 10.1. The Balaban J connectivity index is 1.95. The molecule has 0 bridgehead atoms. The zero-order valence-electron chi connectivity index (χ0n) is 18.9. The summed E-state index contributed by atoms with van der Waals surface area (Å²) in [6.45, 7) is 8.46. The Hall–Kier alpha value is -3.20. The fraction of sp³-hybridized carbons (Fsp3) is 0.391. The van der Waals surface area contributed by atoms with E-state index in [2.05, 4.69) is 10.6 Å². The fourth-order valence-electron chi connectivity index (χ4n) is 2.98. The van der Waals surface area contributed by atoms with Gasteiger partial charge in [-0.2, -0.15) is 0 Å².